The third-order valence-electron chi connectivity index (χ3n) is 6.00. The van der Waals surface area contributed by atoms with Crippen LogP contribution in [0.3, 0.4) is 0 Å². The molecule has 0 unspecified atom stereocenters. The summed E-state index contributed by atoms with van der Waals surface area (Å²) in [4.78, 5) is 26.6. The van der Waals surface area contributed by atoms with Crippen LogP contribution in [0.5, 0.6) is 17.2 Å². The third kappa shape index (κ3) is 5.03. The number of carbonyl (C=O) groups excluding carboxylic acids is 1. The maximum atomic E-state index is 13.3. The van der Waals surface area contributed by atoms with Crippen molar-refractivity contribution in [1.82, 2.24) is 0 Å². The SMILES string of the molecule is CCCOC(=O)c1ccc(Oc2c(C)oc3c(C[NH+]4CCCCC4)c(O)ccc3c2=O)cc1. The highest BCUT2D eigenvalue weighted by Gasteiger charge is 2.22. The van der Waals surface area contributed by atoms with Crippen molar-refractivity contribution in [1.29, 1.82) is 0 Å². The van der Waals surface area contributed by atoms with Gasteiger partial charge in [-0.1, -0.05) is 6.92 Å². The van der Waals surface area contributed by atoms with Gasteiger partial charge in [0, 0.05) is 0 Å². The molecule has 0 amide bonds. The monoisotopic (exact) mass is 452 g/mol. The van der Waals surface area contributed by atoms with Crippen molar-refractivity contribution in [2.45, 2.75) is 46.1 Å². The number of phenolic OH excluding ortho intramolecular Hbond substituents is 1. The summed E-state index contributed by atoms with van der Waals surface area (Å²) in [5.74, 6) is 0.578. The first-order valence-corrected chi connectivity index (χ1v) is 11.5. The van der Waals surface area contributed by atoms with Crippen molar-refractivity contribution in [3.8, 4) is 17.2 Å². The molecule has 2 heterocycles. The van der Waals surface area contributed by atoms with Crippen LogP contribution in [0, 0.1) is 6.92 Å². The molecule has 7 heteroatoms. The molecule has 33 heavy (non-hydrogen) atoms. The number of hydrogen-bond donors (Lipinski definition) is 2. The van der Waals surface area contributed by atoms with E-state index in [1.54, 1.807) is 43.3 Å². The van der Waals surface area contributed by atoms with E-state index in [0.717, 1.165) is 32.4 Å². The normalized spacial score (nSPS) is 14.4. The minimum absolute atomic E-state index is 0.0887. The van der Waals surface area contributed by atoms with E-state index in [9.17, 15) is 14.7 Å². The second-order valence-electron chi connectivity index (χ2n) is 8.51. The van der Waals surface area contributed by atoms with E-state index in [-0.39, 0.29) is 16.9 Å². The summed E-state index contributed by atoms with van der Waals surface area (Å²) in [6.07, 6.45) is 4.32. The van der Waals surface area contributed by atoms with E-state index in [2.05, 4.69) is 0 Å². The lowest BCUT2D eigenvalue weighted by Crippen LogP contribution is -3.11. The summed E-state index contributed by atoms with van der Waals surface area (Å²) >= 11 is 0. The maximum absolute atomic E-state index is 13.3. The Hall–Kier alpha value is -3.32. The van der Waals surface area contributed by atoms with E-state index in [4.69, 9.17) is 13.9 Å². The summed E-state index contributed by atoms with van der Waals surface area (Å²) in [6.45, 7) is 6.67. The molecule has 0 atom stereocenters. The zero-order valence-corrected chi connectivity index (χ0v) is 19.1. The number of benzene rings is 2. The number of nitrogens with one attached hydrogen (secondary N) is 1. The van der Waals surface area contributed by atoms with Crippen molar-refractivity contribution in [3.63, 3.8) is 0 Å². The minimum Gasteiger partial charge on any atom is -0.507 e. The van der Waals surface area contributed by atoms with Crippen molar-refractivity contribution in [3.05, 3.63) is 63.5 Å². The molecule has 3 aromatic rings. The third-order valence-corrected chi connectivity index (χ3v) is 6.00. The number of quaternary nitrogens is 1. The van der Waals surface area contributed by atoms with E-state index < -0.39 is 5.97 Å². The topological polar surface area (TPSA) is 90.4 Å². The molecule has 174 valence electrons. The molecule has 1 saturated heterocycles. The first-order valence-electron chi connectivity index (χ1n) is 11.5. The van der Waals surface area contributed by atoms with Crippen molar-refractivity contribution >= 4 is 16.9 Å². The second kappa shape index (κ2) is 10.1. The molecule has 1 aromatic heterocycles. The average Bonchev–Trinajstić information content (AvgIpc) is 2.83. The van der Waals surface area contributed by atoms with Crippen LogP contribution in [0.1, 0.15) is 54.3 Å². The number of hydrogen-bond acceptors (Lipinski definition) is 6. The lowest BCUT2D eigenvalue weighted by molar-refractivity contribution is -0.918. The predicted molar refractivity (Wildman–Crippen MR) is 124 cm³/mol. The largest absolute Gasteiger partial charge is 0.507 e. The molecule has 2 aromatic carbocycles. The number of ether oxygens (including phenoxy) is 2. The van der Waals surface area contributed by atoms with E-state index in [1.165, 1.54) is 11.3 Å². The predicted octanol–water partition coefficient (Wildman–Crippen LogP) is 3.73. The molecule has 0 bridgehead atoms. The number of esters is 1. The Morgan fingerprint density at radius 2 is 1.82 bits per heavy atom. The molecular formula is C26H30NO6+. The van der Waals surface area contributed by atoms with E-state index in [1.807, 2.05) is 6.92 Å². The Bertz CT molecular complexity index is 1190. The van der Waals surface area contributed by atoms with Crippen LogP contribution < -0.4 is 15.1 Å². The molecule has 0 spiro atoms. The zero-order chi connectivity index (χ0) is 23.4. The van der Waals surface area contributed by atoms with Gasteiger partial charge in [-0.3, -0.25) is 4.79 Å². The fraction of sp³-hybridized carbons (Fsp3) is 0.385. The number of carbonyl (C=O) groups is 1. The summed E-state index contributed by atoms with van der Waals surface area (Å²) < 4.78 is 17.0. The van der Waals surface area contributed by atoms with Crippen LogP contribution in [0.2, 0.25) is 0 Å². The summed E-state index contributed by atoms with van der Waals surface area (Å²) in [7, 11) is 0. The maximum Gasteiger partial charge on any atom is 0.338 e. The first kappa shape index (κ1) is 22.9. The number of fused-ring (bicyclic) bond motifs is 1. The van der Waals surface area contributed by atoms with Gasteiger partial charge >= 0.3 is 5.97 Å². The van der Waals surface area contributed by atoms with Gasteiger partial charge in [0.05, 0.1) is 36.2 Å². The van der Waals surface area contributed by atoms with Gasteiger partial charge < -0.3 is 23.9 Å². The Labute approximate surface area is 192 Å². The quantitative estimate of drug-likeness (QED) is 0.531. The number of likely N-dealkylation sites (tertiary alicyclic amines) is 1. The lowest BCUT2D eigenvalue weighted by Gasteiger charge is -2.24. The Kier molecular flexibility index (Phi) is 6.99. The van der Waals surface area contributed by atoms with Crippen LogP contribution in [-0.4, -0.2) is 30.8 Å². The molecule has 0 radical (unpaired) electrons. The molecule has 4 rings (SSSR count). The molecule has 1 aliphatic heterocycles. The fourth-order valence-electron chi connectivity index (χ4n) is 4.22. The number of aryl methyl sites for hydroxylation is 1. The van der Waals surface area contributed by atoms with Gasteiger partial charge in [0.1, 0.15) is 23.8 Å². The number of piperidine rings is 1. The van der Waals surface area contributed by atoms with Crippen molar-refractivity contribution in [2.75, 3.05) is 19.7 Å². The highest BCUT2D eigenvalue weighted by atomic mass is 16.5. The van der Waals surface area contributed by atoms with Crippen molar-refractivity contribution < 1.29 is 28.7 Å². The Balaban J connectivity index is 1.62. The van der Waals surface area contributed by atoms with Gasteiger partial charge in [0.15, 0.2) is 5.58 Å². The smallest absolute Gasteiger partial charge is 0.338 e. The Morgan fingerprint density at radius 3 is 2.52 bits per heavy atom. The molecule has 0 saturated carbocycles. The first-order chi connectivity index (χ1) is 16.0. The molecule has 1 aliphatic rings. The average molecular weight is 453 g/mol. The summed E-state index contributed by atoms with van der Waals surface area (Å²) in [5, 5.41) is 10.9. The lowest BCUT2D eigenvalue weighted by atomic mass is 10.1. The van der Waals surface area contributed by atoms with Gasteiger partial charge in [-0.05, 0) is 69.0 Å². The van der Waals surface area contributed by atoms with Crippen LogP contribution in [0.15, 0.2) is 45.6 Å². The van der Waals surface area contributed by atoms with Crippen LogP contribution in [0.25, 0.3) is 11.0 Å². The minimum atomic E-state index is -0.395. The summed E-state index contributed by atoms with van der Waals surface area (Å²) in [5.41, 5.74) is 1.19. The van der Waals surface area contributed by atoms with E-state index in [0.29, 0.717) is 46.8 Å². The van der Waals surface area contributed by atoms with Gasteiger partial charge in [-0.2, -0.15) is 0 Å². The number of aromatic hydroxyl groups is 1. The molecule has 1 fully saturated rings. The molecular weight excluding hydrogens is 422 g/mol. The van der Waals surface area contributed by atoms with Gasteiger partial charge in [-0.25, -0.2) is 4.79 Å². The standard InChI is InChI=1S/C26H29NO6/c1-3-15-31-26(30)18-7-9-19(10-8-18)33-24-17(2)32-25-20(23(24)29)11-12-22(28)21(25)16-27-13-5-4-6-14-27/h7-12,28H,3-6,13-16H2,1-2H3/p+1. The van der Waals surface area contributed by atoms with Crippen molar-refractivity contribution in [2.24, 2.45) is 0 Å². The van der Waals surface area contributed by atoms with Crippen LogP contribution in [-0.2, 0) is 11.3 Å². The van der Waals surface area contributed by atoms with Gasteiger partial charge in [0.2, 0.25) is 11.2 Å². The number of rotatable bonds is 7. The van der Waals surface area contributed by atoms with E-state index >= 15 is 0 Å². The number of phenols is 1. The molecule has 2 N–H and O–H groups in total. The molecule has 7 nitrogen and oxygen atoms in total. The van der Waals surface area contributed by atoms with Crippen LogP contribution in [0.4, 0.5) is 0 Å². The highest BCUT2D eigenvalue weighted by molar-refractivity contribution is 5.89. The highest BCUT2D eigenvalue weighted by Crippen LogP contribution is 2.30. The summed E-state index contributed by atoms with van der Waals surface area (Å²) in [6, 6.07) is 9.56. The van der Waals surface area contributed by atoms with Gasteiger partial charge in [-0.15, -0.1) is 0 Å². The van der Waals surface area contributed by atoms with Crippen LogP contribution >= 0.6 is 0 Å². The van der Waals surface area contributed by atoms with Gasteiger partial charge in [0.25, 0.3) is 0 Å². The molecule has 0 aliphatic carbocycles. The second-order valence-corrected chi connectivity index (χ2v) is 8.51. The zero-order valence-electron chi connectivity index (χ0n) is 19.1. The Morgan fingerprint density at radius 1 is 1.09 bits per heavy atom. The fourth-order valence-corrected chi connectivity index (χ4v) is 4.22.